The van der Waals surface area contributed by atoms with Gasteiger partial charge in [-0.1, -0.05) is 13.8 Å². The summed E-state index contributed by atoms with van der Waals surface area (Å²) in [4.78, 5) is 51.7. The van der Waals surface area contributed by atoms with E-state index in [1.165, 1.54) is 4.57 Å². The van der Waals surface area contributed by atoms with Crippen molar-refractivity contribution in [3.05, 3.63) is 80.5 Å². The molecule has 1 N–H and O–H groups in total. The van der Waals surface area contributed by atoms with Crippen molar-refractivity contribution in [2.24, 2.45) is 4.99 Å². The van der Waals surface area contributed by atoms with Gasteiger partial charge in [-0.2, -0.15) is 0 Å². The van der Waals surface area contributed by atoms with Crippen molar-refractivity contribution >= 4 is 23.1 Å². The Labute approximate surface area is 197 Å². The van der Waals surface area contributed by atoms with Crippen LogP contribution in [0.5, 0.6) is 0 Å². The third-order valence-electron chi connectivity index (χ3n) is 5.72. The molecule has 0 atom stereocenters. The Bertz CT molecular complexity index is 1320. The SMILES string of the molecule is CCCn1c2c(c(=O)n(CCC)c1=O)CCCC(c1ccc(C(=O)Nc3cccnc3)nc1)=N2. The van der Waals surface area contributed by atoms with E-state index >= 15 is 0 Å². The minimum absolute atomic E-state index is 0.236. The molecule has 3 aromatic heterocycles. The number of fused-ring (bicyclic) bond motifs is 1. The maximum atomic E-state index is 13.1. The third kappa shape index (κ3) is 4.73. The molecular formula is C25H28N6O3. The zero-order valence-electron chi connectivity index (χ0n) is 19.5. The van der Waals surface area contributed by atoms with E-state index in [1.54, 1.807) is 47.4 Å². The van der Waals surface area contributed by atoms with Crippen LogP contribution in [0.25, 0.3) is 0 Å². The molecule has 0 radical (unpaired) electrons. The number of rotatable bonds is 7. The normalized spacial score (nSPS) is 13.1. The van der Waals surface area contributed by atoms with Crippen molar-refractivity contribution in [1.29, 1.82) is 0 Å². The molecule has 0 bridgehead atoms. The Balaban J connectivity index is 1.69. The van der Waals surface area contributed by atoms with Crippen molar-refractivity contribution in [2.45, 2.75) is 59.0 Å². The fourth-order valence-electron chi connectivity index (χ4n) is 4.09. The highest BCUT2D eigenvalue weighted by Crippen LogP contribution is 2.24. The van der Waals surface area contributed by atoms with E-state index in [4.69, 9.17) is 4.99 Å². The second kappa shape index (κ2) is 10.4. The molecule has 0 spiro atoms. The van der Waals surface area contributed by atoms with Crippen LogP contribution in [0.4, 0.5) is 11.5 Å². The minimum Gasteiger partial charge on any atom is -0.319 e. The molecule has 0 fully saturated rings. The second-order valence-corrected chi connectivity index (χ2v) is 8.23. The maximum Gasteiger partial charge on any atom is 0.332 e. The molecule has 0 aliphatic carbocycles. The van der Waals surface area contributed by atoms with Crippen molar-refractivity contribution in [3.63, 3.8) is 0 Å². The quantitative estimate of drug-likeness (QED) is 0.581. The molecule has 9 nitrogen and oxygen atoms in total. The summed E-state index contributed by atoms with van der Waals surface area (Å²) < 4.78 is 2.97. The maximum absolute atomic E-state index is 13.1. The molecule has 9 heteroatoms. The number of amides is 1. The summed E-state index contributed by atoms with van der Waals surface area (Å²) in [5, 5.41) is 2.76. The molecule has 0 saturated carbocycles. The highest BCUT2D eigenvalue weighted by molar-refractivity contribution is 6.05. The van der Waals surface area contributed by atoms with Gasteiger partial charge in [0.25, 0.3) is 11.5 Å². The summed E-state index contributed by atoms with van der Waals surface area (Å²) in [5.41, 5.74) is 2.43. The van der Waals surface area contributed by atoms with E-state index in [0.717, 1.165) is 24.1 Å². The van der Waals surface area contributed by atoms with Gasteiger partial charge in [0, 0.05) is 31.0 Å². The first-order valence-electron chi connectivity index (χ1n) is 11.6. The number of aliphatic imine (C=N–C) groups is 1. The minimum atomic E-state index is -0.332. The molecule has 176 valence electrons. The van der Waals surface area contributed by atoms with E-state index < -0.39 is 0 Å². The summed E-state index contributed by atoms with van der Waals surface area (Å²) >= 11 is 0. The lowest BCUT2D eigenvalue weighted by molar-refractivity contribution is 0.102. The Morgan fingerprint density at radius 3 is 2.50 bits per heavy atom. The van der Waals surface area contributed by atoms with E-state index in [0.29, 0.717) is 49.4 Å². The average molecular weight is 461 g/mol. The number of nitrogens with zero attached hydrogens (tertiary/aromatic N) is 5. The van der Waals surface area contributed by atoms with Crippen molar-refractivity contribution in [1.82, 2.24) is 19.1 Å². The molecule has 4 rings (SSSR count). The highest BCUT2D eigenvalue weighted by Gasteiger charge is 2.22. The van der Waals surface area contributed by atoms with Gasteiger partial charge < -0.3 is 5.32 Å². The van der Waals surface area contributed by atoms with Crippen LogP contribution < -0.4 is 16.6 Å². The van der Waals surface area contributed by atoms with Crippen molar-refractivity contribution in [3.8, 4) is 0 Å². The Kier molecular flexibility index (Phi) is 7.10. The molecule has 34 heavy (non-hydrogen) atoms. The van der Waals surface area contributed by atoms with Gasteiger partial charge >= 0.3 is 5.69 Å². The summed E-state index contributed by atoms with van der Waals surface area (Å²) in [6.45, 7) is 4.84. The van der Waals surface area contributed by atoms with Gasteiger partial charge in [0.2, 0.25) is 0 Å². The lowest BCUT2D eigenvalue weighted by Gasteiger charge is -2.15. The predicted octanol–water partition coefficient (Wildman–Crippen LogP) is 3.33. The topological polar surface area (TPSA) is 111 Å². The fourth-order valence-corrected chi connectivity index (χ4v) is 4.09. The molecule has 0 saturated heterocycles. The van der Waals surface area contributed by atoms with Crippen LogP contribution >= 0.6 is 0 Å². The van der Waals surface area contributed by atoms with Gasteiger partial charge in [-0.05, 0) is 56.4 Å². The molecule has 0 unspecified atom stereocenters. The molecular weight excluding hydrogens is 432 g/mol. The largest absolute Gasteiger partial charge is 0.332 e. The molecule has 1 aliphatic rings. The second-order valence-electron chi connectivity index (χ2n) is 8.23. The zero-order chi connectivity index (χ0) is 24.1. The van der Waals surface area contributed by atoms with Gasteiger partial charge in [0.15, 0.2) is 0 Å². The monoisotopic (exact) mass is 460 g/mol. The van der Waals surface area contributed by atoms with Crippen molar-refractivity contribution < 1.29 is 4.79 Å². The summed E-state index contributed by atoms with van der Waals surface area (Å²) in [6.07, 6.45) is 8.22. The third-order valence-corrected chi connectivity index (χ3v) is 5.72. The number of carbonyl (C=O) groups is 1. The number of aromatic nitrogens is 4. The van der Waals surface area contributed by atoms with E-state index in [9.17, 15) is 14.4 Å². The highest BCUT2D eigenvalue weighted by atomic mass is 16.2. The van der Waals surface area contributed by atoms with Gasteiger partial charge in [-0.3, -0.25) is 28.7 Å². The van der Waals surface area contributed by atoms with Gasteiger partial charge in [0.05, 0.1) is 23.2 Å². The number of carbonyl (C=O) groups excluding carboxylic acids is 1. The van der Waals surface area contributed by atoms with Crippen LogP contribution in [0.3, 0.4) is 0 Å². The molecule has 4 heterocycles. The number of hydrogen-bond acceptors (Lipinski definition) is 6. The average Bonchev–Trinajstić information content (AvgIpc) is 3.08. The van der Waals surface area contributed by atoms with Crippen LogP contribution in [0.15, 0.2) is 57.4 Å². The van der Waals surface area contributed by atoms with E-state index in [1.807, 2.05) is 13.8 Å². The van der Waals surface area contributed by atoms with Crippen LogP contribution in [0, 0.1) is 0 Å². The van der Waals surface area contributed by atoms with Crippen LogP contribution in [0.1, 0.15) is 61.1 Å². The van der Waals surface area contributed by atoms with Crippen LogP contribution in [-0.2, 0) is 19.5 Å². The number of nitrogens with one attached hydrogen (secondary N) is 1. The van der Waals surface area contributed by atoms with E-state index in [2.05, 4.69) is 15.3 Å². The first kappa shape index (κ1) is 23.3. The number of hydrogen-bond donors (Lipinski definition) is 1. The summed E-state index contributed by atoms with van der Waals surface area (Å²) in [6, 6.07) is 6.94. The number of pyridine rings is 2. The summed E-state index contributed by atoms with van der Waals surface area (Å²) in [5.74, 6) is 0.121. The molecule has 1 amide bonds. The molecule has 0 aromatic carbocycles. The molecule has 3 aromatic rings. The molecule has 1 aliphatic heterocycles. The lowest BCUT2D eigenvalue weighted by atomic mass is 10.1. The van der Waals surface area contributed by atoms with Crippen molar-refractivity contribution in [2.75, 3.05) is 5.32 Å². The van der Waals surface area contributed by atoms with Gasteiger partial charge in [-0.15, -0.1) is 0 Å². The lowest BCUT2D eigenvalue weighted by Crippen LogP contribution is -2.41. The smallest absolute Gasteiger partial charge is 0.319 e. The Hall–Kier alpha value is -3.88. The first-order valence-corrected chi connectivity index (χ1v) is 11.6. The standard InChI is InChI=1S/C25H28N6O3/c1-3-13-30-22-19(24(33)31(14-4-2)25(30)34)8-5-9-20(29-22)17-10-11-21(27-15-17)23(32)28-18-7-6-12-26-16-18/h6-7,10-12,15-16H,3-5,8-9,13-14H2,1-2H3,(H,28,32). The van der Waals surface area contributed by atoms with Crippen LogP contribution in [-0.4, -0.2) is 30.7 Å². The van der Waals surface area contributed by atoms with E-state index in [-0.39, 0.29) is 22.9 Å². The number of anilines is 1. The summed E-state index contributed by atoms with van der Waals surface area (Å²) in [7, 11) is 0. The Morgan fingerprint density at radius 2 is 1.82 bits per heavy atom. The Morgan fingerprint density at radius 1 is 1.03 bits per heavy atom. The van der Waals surface area contributed by atoms with Crippen LogP contribution in [0.2, 0.25) is 0 Å². The van der Waals surface area contributed by atoms with Gasteiger partial charge in [-0.25, -0.2) is 9.79 Å². The van der Waals surface area contributed by atoms with Gasteiger partial charge in [0.1, 0.15) is 11.5 Å². The fraction of sp³-hybridized carbons (Fsp3) is 0.360. The first-order chi connectivity index (χ1) is 16.5. The zero-order valence-corrected chi connectivity index (χ0v) is 19.5. The predicted molar refractivity (Wildman–Crippen MR) is 131 cm³/mol.